The van der Waals surface area contributed by atoms with E-state index in [2.05, 4.69) is 26.1 Å². The van der Waals surface area contributed by atoms with Gasteiger partial charge in [-0.15, -0.1) is 0 Å². The summed E-state index contributed by atoms with van der Waals surface area (Å²) in [7, 11) is 0. The van der Waals surface area contributed by atoms with Crippen LogP contribution in [0.4, 0.5) is 4.39 Å². The Morgan fingerprint density at radius 1 is 1.22 bits per heavy atom. The van der Waals surface area contributed by atoms with Gasteiger partial charge in [0.2, 0.25) is 0 Å². The lowest BCUT2D eigenvalue weighted by atomic mass is 9.77. The fourth-order valence-corrected chi connectivity index (χ4v) is 3.05. The summed E-state index contributed by atoms with van der Waals surface area (Å²) < 4.78 is 13.7. The van der Waals surface area contributed by atoms with Crippen LogP contribution in [0.1, 0.15) is 51.6 Å². The third kappa shape index (κ3) is 2.92. The van der Waals surface area contributed by atoms with Crippen molar-refractivity contribution in [3.05, 3.63) is 35.6 Å². The van der Waals surface area contributed by atoms with Crippen LogP contribution in [0.2, 0.25) is 0 Å². The second-order valence-corrected chi connectivity index (χ2v) is 5.78. The van der Waals surface area contributed by atoms with Crippen LogP contribution in [-0.2, 0) is 0 Å². The Bertz CT molecular complexity index is 390. The average molecular weight is 249 g/mol. The molecule has 1 aromatic rings. The summed E-state index contributed by atoms with van der Waals surface area (Å²) in [5.41, 5.74) is 0.780. The van der Waals surface area contributed by atoms with E-state index in [0.717, 1.165) is 11.5 Å². The molecule has 0 aromatic heterocycles. The van der Waals surface area contributed by atoms with E-state index in [1.54, 1.807) is 12.1 Å². The normalized spacial score (nSPS) is 30.1. The van der Waals surface area contributed by atoms with Crippen molar-refractivity contribution >= 4 is 0 Å². The van der Waals surface area contributed by atoms with E-state index >= 15 is 0 Å². The first-order valence-electron chi connectivity index (χ1n) is 7.10. The Morgan fingerprint density at radius 3 is 2.67 bits per heavy atom. The molecule has 0 bridgehead atoms. The lowest BCUT2D eigenvalue weighted by Crippen LogP contribution is -2.41. The Kier molecular flexibility index (Phi) is 4.39. The molecule has 0 saturated heterocycles. The van der Waals surface area contributed by atoms with Crippen molar-refractivity contribution < 1.29 is 4.39 Å². The molecule has 1 saturated carbocycles. The summed E-state index contributed by atoms with van der Waals surface area (Å²) in [5.74, 6) is 1.34. The number of rotatable bonds is 3. The van der Waals surface area contributed by atoms with Crippen molar-refractivity contribution in [1.29, 1.82) is 0 Å². The molecular formula is C16H24FN. The summed E-state index contributed by atoms with van der Waals surface area (Å²) in [6.45, 7) is 6.70. The Hall–Kier alpha value is -0.890. The first-order valence-corrected chi connectivity index (χ1v) is 7.10. The SMILES string of the molecule is CC(NC1CCCC(C)C1C)c1ccccc1F. The fraction of sp³-hybridized carbons (Fsp3) is 0.625. The highest BCUT2D eigenvalue weighted by atomic mass is 19.1. The van der Waals surface area contributed by atoms with Gasteiger partial charge in [-0.3, -0.25) is 0 Å². The van der Waals surface area contributed by atoms with Gasteiger partial charge < -0.3 is 5.32 Å². The average Bonchev–Trinajstić information content (AvgIpc) is 2.35. The molecule has 1 aliphatic rings. The molecule has 1 aromatic carbocycles. The molecule has 0 spiro atoms. The Labute approximate surface area is 110 Å². The van der Waals surface area contributed by atoms with Gasteiger partial charge in [-0.2, -0.15) is 0 Å². The maximum absolute atomic E-state index is 13.7. The Morgan fingerprint density at radius 2 is 1.94 bits per heavy atom. The van der Waals surface area contributed by atoms with E-state index in [-0.39, 0.29) is 11.9 Å². The summed E-state index contributed by atoms with van der Waals surface area (Å²) in [6, 6.07) is 7.68. The van der Waals surface area contributed by atoms with E-state index in [1.807, 2.05) is 12.1 Å². The van der Waals surface area contributed by atoms with Gasteiger partial charge in [0, 0.05) is 17.6 Å². The number of hydrogen-bond acceptors (Lipinski definition) is 1. The predicted octanol–water partition coefficient (Wildman–Crippen LogP) is 4.30. The molecule has 4 unspecified atom stereocenters. The predicted molar refractivity (Wildman–Crippen MR) is 73.9 cm³/mol. The van der Waals surface area contributed by atoms with Crippen molar-refractivity contribution in [3.63, 3.8) is 0 Å². The minimum atomic E-state index is -0.103. The largest absolute Gasteiger partial charge is 0.307 e. The third-order valence-electron chi connectivity index (χ3n) is 4.54. The summed E-state index contributed by atoms with van der Waals surface area (Å²) in [5, 5.41) is 3.62. The number of nitrogens with one attached hydrogen (secondary N) is 1. The second-order valence-electron chi connectivity index (χ2n) is 5.78. The van der Waals surface area contributed by atoms with Crippen LogP contribution in [0, 0.1) is 17.7 Å². The molecule has 1 nitrogen and oxygen atoms in total. The van der Waals surface area contributed by atoms with Gasteiger partial charge >= 0.3 is 0 Å². The van der Waals surface area contributed by atoms with Crippen molar-refractivity contribution in [2.24, 2.45) is 11.8 Å². The van der Waals surface area contributed by atoms with Gasteiger partial charge in [-0.25, -0.2) is 4.39 Å². The zero-order valence-electron chi connectivity index (χ0n) is 11.6. The molecule has 18 heavy (non-hydrogen) atoms. The minimum absolute atomic E-state index is 0.0870. The molecule has 100 valence electrons. The summed E-state index contributed by atoms with van der Waals surface area (Å²) in [4.78, 5) is 0. The maximum Gasteiger partial charge on any atom is 0.127 e. The molecule has 2 rings (SSSR count). The molecule has 0 aliphatic heterocycles. The van der Waals surface area contributed by atoms with Crippen LogP contribution in [0.15, 0.2) is 24.3 Å². The Balaban J connectivity index is 2.03. The van der Waals surface area contributed by atoms with E-state index in [1.165, 1.54) is 19.3 Å². The highest BCUT2D eigenvalue weighted by Crippen LogP contribution is 2.31. The van der Waals surface area contributed by atoms with Gasteiger partial charge in [0.15, 0.2) is 0 Å². The van der Waals surface area contributed by atoms with Gasteiger partial charge in [0.05, 0.1) is 0 Å². The molecule has 0 amide bonds. The highest BCUT2D eigenvalue weighted by Gasteiger charge is 2.28. The second kappa shape index (κ2) is 5.83. The molecule has 4 atom stereocenters. The lowest BCUT2D eigenvalue weighted by molar-refractivity contribution is 0.195. The standard InChI is InChI=1S/C16H24FN/c1-11-7-6-10-16(12(11)2)18-13(3)14-8-4-5-9-15(14)17/h4-5,8-9,11-13,16,18H,6-7,10H2,1-3H3. The zero-order chi connectivity index (χ0) is 13.1. The monoisotopic (exact) mass is 249 g/mol. The summed E-state index contributed by atoms with van der Waals surface area (Å²) in [6.07, 6.45) is 3.82. The van der Waals surface area contributed by atoms with E-state index in [4.69, 9.17) is 0 Å². The van der Waals surface area contributed by atoms with Crippen molar-refractivity contribution in [2.45, 2.75) is 52.1 Å². The molecule has 1 fully saturated rings. The minimum Gasteiger partial charge on any atom is -0.307 e. The van der Waals surface area contributed by atoms with Crippen molar-refractivity contribution in [2.75, 3.05) is 0 Å². The third-order valence-corrected chi connectivity index (χ3v) is 4.54. The molecule has 1 aliphatic carbocycles. The molecule has 2 heteroatoms. The van der Waals surface area contributed by atoms with Crippen LogP contribution in [-0.4, -0.2) is 6.04 Å². The number of hydrogen-bond donors (Lipinski definition) is 1. The van der Waals surface area contributed by atoms with Crippen LogP contribution in [0.3, 0.4) is 0 Å². The molecular weight excluding hydrogens is 225 g/mol. The topological polar surface area (TPSA) is 12.0 Å². The first-order chi connectivity index (χ1) is 8.59. The van der Waals surface area contributed by atoms with Crippen LogP contribution in [0.5, 0.6) is 0 Å². The molecule has 1 N–H and O–H groups in total. The highest BCUT2D eigenvalue weighted by molar-refractivity contribution is 5.20. The van der Waals surface area contributed by atoms with Gasteiger partial charge in [-0.05, 0) is 31.2 Å². The van der Waals surface area contributed by atoms with Gasteiger partial charge in [0.1, 0.15) is 5.82 Å². The molecule has 0 radical (unpaired) electrons. The van der Waals surface area contributed by atoms with Crippen molar-refractivity contribution in [1.82, 2.24) is 5.32 Å². The lowest BCUT2D eigenvalue weighted by Gasteiger charge is -2.36. The van der Waals surface area contributed by atoms with Gasteiger partial charge in [0.25, 0.3) is 0 Å². The van der Waals surface area contributed by atoms with Crippen molar-refractivity contribution in [3.8, 4) is 0 Å². The van der Waals surface area contributed by atoms with E-state index < -0.39 is 0 Å². The van der Waals surface area contributed by atoms with Crippen LogP contribution in [0.25, 0.3) is 0 Å². The maximum atomic E-state index is 13.7. The zero-order valence-corrected chi connectivity index (χ0v) is 11.6. The first kappa shape index (κ1) is 13.5. The summed E-state index contributed by atoms with van der Waals surface area (Å²) >= 11 is 0. The quantitative estimate of drug-likeness (QED) is 0.842. The van der Waals surface area contributed by atoms with Crippen LogP contribution >= 0.6 is 0 Å². The number of benzene rings is 1. The van der Waals surface area contributed by atoms with Gasteiger partial charge in [-0.1, -0.05) is 44.9 Å². The number of halogens is 1. The van der Waals surface area contributed by atoms with E-state index in [0.29, 0.717) is 12.0 Å². The van der Waals surface area contributed by atoms with Crippen LogP contribution < -0.4 is 5.32 Å². The van der Waals surface area contributed by atoms with E-state index in [9.17, 15) is 4.39 Å². The molecule has 0 heterocycles. The fourth-order valence-electron chi connectivity index (χ4n) is 3.05. The smallest absolute Gasteiger partial charge is 0.127 e.